The second-order valence-electron chi connectivity index (χ2n) is 11.1. The number of benzene rings is 4. The highest BCUT2D eigenvalue weighted by Gasteiger charge is 2.52. The van der Waals surface area contributed by atoms with Crippen LogP contribution in [0.2, 0.25) is 0 Å². The zero-order chi connectivity index (χ0) is 31.0. The lowest BCUT2D eigenvalue weighted by atomic mass is 9.86. The van der Waals surface area contributed by atoms with Crippen molar-refractivity contribution in [3.8, 4) is 17.2 Å². The minimum atomic E-state index is -0.536. The van der Waals surface area contributed by atoms with Crippen molar-refractivity contribution in [2.24, 2.45) is 0 Å². The molecule has 1 saturated heterocycles. The molecule has 0 N–H and O–H groups in total. The smallest absolute Gasteiger partial charge is 0.203 e. The van der Waals surface area contributed by atoms with Gasteiger partial charge in [-0.2, -0.15) is 0 Å². The Morgan fingerprint density at radius 3 is 1.76 bits per heavy atom. The van der Waals surface area contributed by atoms with E-state index < -0.39 is 30.5 Å². The standard InChI is InChI=1S/C37H40O8/c1-38-29-19-28-23-44-37-35(31(28)34(40-3)32(29)39-2)45-30(24-41-20-25-13-7-4-8-14-25)33(42-21-26-15-9-5-10-16-26)36(37)43-22-27-17-11-6-12-18-27/h4-19,30,33,35-37H,20-24H2,1-3H3/t30-,33-,35+,36+,37+/m1/s1. The molecule has 0 bridgehead atoms. The van der Waals surface area contributed by atoms with Crippen LogP contribution in [-0.4, -0.2) is 52.4 Å². The van der Waals surface area contributed by atoms with E-state index in [1.54, 1.807) is 21.3 Å². The van der Waals surface area contributed by atoms with E-state index in [2.05, 4.69) is 0 Å². The van der Waals surface area contributed by atoms with Crippen LogP contribution < -0.4 is 14.2 Å². The van der Waals surface area contributed by atoms with Crippen LogP contribution in [0, 0.1) is 0 Å². The molecule has 4 aromatic carbocycles. The molecule has 0 saturated carbocycles. The van der Waals surface area contributed by atoms with Gasteiger partial charge in [-0.1, -0.05) is 91.0 Å². The largest absolute Gasteiger partial charge is 0.493 e. The minimum Gasteiger partial charge on any atom is -0.493 e. The van der Waals surface area contributed by atoms with E-state index in [4.69, 9.17) is 37.9 Å². The average Bonchev–Trinajstić information content (AvgIpc) is 3.10. The maximum Gasteiger partial charge on any atom is 0.203 e. The molecule has 8 nitrogen and oxygen atoms in total. The lowest BCUT2D eigenvalue weighted by Gasteiger charge is -2.48. The van der Waals surface area contributed by atoms with E-state index in [-0.39, 0.29) is 6.61 Å². The summed E-state index contributed by atoms with van der Waals surface area (Å²) in [5.74, 6) is 1.62. The Kier molecular flexibility index (Phi) is 10.3. The summed E-state index contributed by atoms with van der Waals surface area (Å²) in [5, 5.41) is 0. The molecule has 0 radical (unpaired) electrons. The van der Waals surface area contributed by atoms with Crippen molar-refractivity contribution in [3.05, 3.63) is 125 Å². The van der Waals surface area contributed by atoms with Crippen molar-refractivity contribution in [3.63, 3.8) is 0 Å². The van der Waals surface area contributed by atoms with Crippen LogP contribution >= 0.6 is 0 Å². The summed E-state index contributed by atoms with van der Waals surface area (Å²) >= 11 is 0. The topological polar surface area (TPSA) is 73.8 Å². The van der Waals surface area contributed by atoms with Crippen LogP contribution in [0.4, 0.5) is 0 Å². The van der Waals surface area contributed by atoms with Crippen LogP contribution in [0.1, 0.15) is 33.9 Å². The summed E-state index contributed by atoms with van der Waals surface area (Å²) in [4.78, 5) is 0. The lowest BCUT2D eigenvalue weighted by molar-refractivity contribution is -0.280. The summed E-state index contributed by atoms with van der Waals surface area (Å²) in [5.41, 5.74) is 4.95. The van der Waals surface area contributed by atoms with Gasteiger partial charge in [0.05, 0.1) is 54.4 Å². The Bertz CT molecular complexity index is 1500. The Labute approximate surface area is 264 Å². The molecule has 1 fully saturated rings. The van der Waals surface area contributed by atoms with Crippen molar-refractivity contribution in [1.29, 1.82) is 0 Å². The second-order valence-corrected chi connectivity index (χ2v) is 11.1. The first kappa shape index (κ1) is 31.1. The summed E-state index contributed by atoms with van der Waals surface area (Å²) in [6.45, 7) is 1.82. The second kappa shape index (κ2) is 14.9. The third-order valence-corrected chi connectivity index (χ3v) is 8.27. The van der Waals surface area contributed by atoms with Crippen LogP contribution in [0.3, 0.4) is 0 Å². The van der Waals surface area contributed by atoms with Gasteiger partial charge in [0.2, 0.25) is 5.75 Å². The van der Waals surface area contributed by atoms with Gasteiger partial charge in [-0.15, -0.1) is 0 Å². The monoisotopic (exact) mass is 612 g/mol. The van der Waals surface area contributed by atoms with Crippen molar-refractivity contribution in [1.82, 2.24) is 0 Å². The highest BCUT2D eigenvalue weighted by Crippen LogP contribution is 2.51. The van der Waals surface area contributed by atoms with E-state index in [9.17, 15) is 0 Å². The Morgan fingerprint density at radius 1 is 0.644 bits per heavy atom. The van der Waals surface area contributed by atoms with Gasteiger partial charge in [-0.3, -0.25) is 0 Å². The highest BCUT2D eigenvalue weighted by molar-refractivity contribution is 5.60. The van der Waals surface area contributed by atoms with E-state index in [1.807, 2.05) is 97.1 Å². The Morgan fingerprint density at radius 2 is 1.20 bits per heavy atom. The maximum atomic E-state index is 6.92. The average molecular weight is 613 g/mol. The molecule has 5 atom stereocenters. The predicted molar refractivity (Wildman–Crippen MR) is 168 cm³/mol. The van der Waals surface area contributed by atoms with Gasteiger partial charge in [0, 0.05) is 5.56 Å². The zero-order valence-electron chi connectivity index (χ0n) is 25.9. The zero-order valence-corrected chi connectivity index (χ0v) is 25.9. The lowest BCUT2D eigenvalue weighted by Crippen LogP contribution is -2.59. The van der Waals surface area contributed by atoms with Gasteiger partial charge in [0.15, 0.2) is 11.5 Å². The molecule has 0 unspecified atom stereocenters. The SMILES string of the molecule is COc1cc2c(c(OC)c1OC)[C@@H]1O[C@H](COCc3ccccc3)[C@@H](OCc3ccccc3)[C@H](OCc3ccccc3)[C@H]1OC2. The van der Waals surface area contributed by atoms with Gasteiger partial charge in [-0.05, 0) is 28.3 Å². The van der Waals surface area contributed by atoms with Crippen LogP contribution in [0.25, 0.3) is 0 Å². The molecule has 2 aliphatic rings. The number of hydrogen-bond acceptors (Lipinski definition) is 8. The molecule has 0 aromatic heterocycles. The van der Waals surface area contributed by atoms with Crippen LogP contribution in [0.5, 0.6) is 17.2 Å². The molecule has 45 heavy (non-hydrogen) atoms. The van der Waals surface area contributed by atoms with E-state index in [1.165, 1.54) is 0 Å². The summed E-state index contributed by atoms with van der Waals surface area (Å²) in [6.07, 6.45) is -2.47. The van der Waals surface area contributed by atoms with Crippen molar-refractivity contribution < 1.29 is 37.9 Å². The molecule has 8 heteroatoms. The Hall–Kier alpha value is -3.92. The molecule has 6 rings (SSSR count). The third-order valence-electron chi connectivity index (χ3n) is 8.27. The van der Waals surface area contributed by atoms with Gasteiger partial charge in [0.1, 0.15) is 30.5 Å². The van der Waals surface area contributed by atoms with Gasteiger partial charge >= 0.3 is 0 Å². The molecule has 0 amide bonds. The van der Waals surface area contributed by atoms with Crippen molar-refractivity contribution >= 4 is 0 Å². The van der Waals surface area contributed by atoms with Gasteiger partial charge in [0.25, 0.3) is 0 Å². The number of hydrogen-bond donors (Lipinski definition) is 0. The molecule has 0 spiro atoms. The molecule has 236 valence electrons. The normalized spacial score (nSPS) is 22.2. The molecule has 4 aromatic rings. The summed E-state index contributed by atoms with van der Waals surface area (Å²) in [6, 6.07) is 32.2. The first-order valence-corrected chi connectivity index (χ1v) is 15.2. The first-order valence-electron chi connectivity index (χ1n) is 15.2. The van der Waals surface area contributed by atoms with Gasteiger partial charge in [-0.25, -0.2) is 0 Å². The van der Waals surface area contributed by atoms with Crippen molar-refractivity contribution in [2.75, 3.05) is 27.9 Å². The van der Waals surface area contributed by atoms with Gasteiger partial charge < -0.3 is 37.9 Å². The fourth-order valence-electron chi connectivity index (χ4n) is 6.10. The number of rotatable bonds is 13. The maximum absolute atomic E-state index is 6.92. The van der Waals surface area contributed by atoms with E-state index in [0.717, 1.165) is 27.8 Å². The summed E-state index contributed by atoms with van der Waals surface area (Å²) in [7, 11) is 4.83. The summed E-state index contributed by atoms with van der Waals surface area (Å²) < 4.78 is 50.5. The predicted octanol–water partition coefficient (Wildman–Crippen LogP) is 6.44. The fraction of sp³-hybridized carbons (Fsp3) is 0.351. The fourth-order valence-corrected chi connectivity index (χ4v) is 6.10. The number of fused-ring (bicyclic) bond motifs is 3. The number of methoxy groups -OCH3 is 3. The molecule has 2 aliphatic heterocycles. The van der Waals surface area contributed by atoms with Crippen LogP contribution in [0.15, 0.2) is 97.1 Å². The van der Waals surface area contributed by atoms with E-state index >= 15 is 0 Å². The number of ether oxygens (including phenoxy) is 8. The minimum absolute atomic E-state index is 0.285. The van der Waals surface area contributed by atoms with Crippen molar-refractivity contribution in [2.45, 2.75) is 56.9 Å². The molecule has 2 heterocycles. The first-order chi connectivity index (χ1) is 22.2. The Balaban J connectivity index is 1.36. The third kappa shape index (κ3) is 7.01. The molecular weight excluding hydrogens is 572 g/mol. The van der Waals surface area contributed by atoms with E-state index in [0.29, 0.717) is 43.7 Å². The molecular formula is C37H40O8. The quantitative estimate of drug-likeness (QED) is 0.171. The molecule has 0 aliphatic carbocycles. The highest BCUT2D eigenvalue weighted by atomic mass is 16.6. The van der Waals surface area contributed by atoms with Crippen LogP contribution in [-0.2, 0) is 50.1 Å².